The molecule has 0 amide bonds. The molecule has 0 radical (unpaired) electrons. The summed E-state index contributed by atoms with van der Waals surface area (Å²) in [5, 5.41) is 0.861. The van der Waals surface area contributed by atoms with Crippen LogP contribution in [0.3, 0.4) is 0 Å². The van der Waals surface area contributed by atoms with Crippen LogP contribution in [0.15, 0.2) is 36.5 Å². The summed E-state index contributed by atoms with van der Waals surface area (Å²) in [6.45, 7) is 4.70. The van der Waals surface area contributed by atoms with E-state index in [0.717, 1.165) is 23.0 Å². The van der Waals surface area contributed by atoms with Crippen molar-refractivity contribution in [1.29, 1.82) is 0 Å². The molecule has 0 saturated heterocycles. The monoisotopic (exact) mass is 417 g/mol. The third-order valence-corrected chi connectivity index (χ3v) is 7.32. The Bertz CT molecular complexity index is 733. The minimum atomic E-state index is 0.358. The average Bonchev–Trinajstić information content (AvgIpc) is 2.73. The Hall–Kier alpha value is -1.05. The second-order valence-electron chi connectivity index (χ2n) is 8.54. The van der Waals surface area contributed by atoms with Crippen molar-refractivity contribution in [2.75, 3.05) is 0 Å². The Morgan fingerprint density at radius 2 is 1.68 bits per heavy atom. The van der Waals surface area contributed by atoms with Gasteiger partial charge >= 0.3 is 0 Å². The van der Waals surface area contributed by atoms with E-state index in [1.165, 1.54) is 63.4 Å². The molecule has 0 spiro atoms. The predicted molar refractivity (Wildman–Crippen MR) is 122 cm³/mol. The molecule has 1 atom stereocenters. The van der Waals surface area contributed by atoms with Gasteiger partial charge < -0.3 is 0 Å². The van der Waals surface area contributed by atoms with Crippen molar-refractivity contribution in [2.45, 2.75) is 77.6 Å². The molecule has 1 saturated carbocycles. The molecule has 1 heterocycles. The summed E-state index contributed by atoms with van der Waals surface area (Å²) in [4.78, 5) is 4.16. The normalized spacial score (nSPS) is 20.9. The fourth-order valence-corrected chi connectivity index (χ4v) is 4.94. The molecule has 1 unspecified atom stereocenters. The molecule has 28 heavy (non-hydrogen) atoms. The van der Waals surface area contributed by atoms with Gasteiger partial charge in [-0.15, -0.1) is 0 Å². The number of hydrogen-bond donors (Lipinski definition) is 0. The first kappa shape index (κ1) is 21.7. The Morgan fingerprint density at radius 1 is 0.964 bits per heavy atom. The Labute approximate surface area is 180 Å². The molecule has 2 aromatic rings. The van der Waals surface area contributed by atoms with E-state index in [9.17, 15) is 0 Å². The zero-order valence-corrected chi connectivity index (χ0v) is 18.8. The highest BCUT2D eigenvalue weighted by Crippen LogP contribution is 2.40. The molecule has 0 aliphatic heterocycles. The number of nitrogens with zero attached hydrogens (tertiary/aromatic N) is 1. The second kappa shape index (κ2) is 10.6. The lowest BCUT2D eigenvalue weighted by Crippen LogP contribution is -2.19. The van der Waals surface area contributed by atoms with Crippen molar-refractivity contribution >= 4 is 23.2 Å². The Kier molecular flexibility index (Phi) is 8.23. The second-order valence-corrected chi connectivity index (χ2v) is 9.30. The quantitative estimate of drug-likeness (QED) is 0.308. The first-order chi connectivity index (χ1) is 13.6. The van der Waals surface area contributed by atoms with Gasteiger partial charge in [0.2, 0.25) is 0 Å². The lowest BCUT2D eigenvalue weighted by molar-refractivity contribution is 0.236. The molecule has 0 N–H and O–H groups in total. The summed E-state index contributed by atoms with van der Waals surface area (Å²) in [6, 6.07) is 10.8. The van der Waals surface area contributed by atoms with Crippen LogP contribution < -0.4 is 0 Å². The maximum Gasteiger partial charge on any atom is 0.147 e. The molecule has 1 aliphatic carbocycles. The molecule has 1 fully saturated rings. The van der Waals surface area contributed by atoms with Crippen molar-refractivity contribution in [3.05, 3.63) is 52.3 Å². The Balaban J connectivity index is 1.53. The molecular formula is C25H33Cl2N. The number of pyridine rings is 1. The van der Waals surface area contributed by atoms with Crippen molar-refractivity contribution < 1.29 is 0 Å². The summed E-state index contributed by atoms with van der Waals surface area (Å²) in [5.41, 5.74) is 3.60. The lowest BCUT2D eigenvalue weighted by atomic mass is 9.73. The summed E-state index contributed by atoms with van der Waals surface area (Å²) >= 11 is 12.0. The fourth-order valence-electron chi connectivity index (χ4n) is 4.67. The highest BCUT2D eigenvalue weighted by atomic mass is 35.5. The van der Waals surface area contributed by atoms with Crippen LogP contribution >= 0.6 is 23.2 Å². The maximum absolute atomic E-state index is 6.11. The summed E-state index contributed by atoms with van der Waals surface area (Å²) < 4.78 is 0. The van der Waals surface area contributed by atoms with E-state index in [2.05, 4.69) is 43.1 Å². The van der Waals surface area contributed by atoms with Crippen LogP contribution in [-0.2, 0) is 0 Å². The van der Waals surface area contributed by atoms with Crippen LogP contribution in [0.5, 0.6) is 0 Å². The molecule has 0 bridgehead atoms. The van der Waals surface area contributed by atoms with E-state index in [1.807, 2.05) is 6.07 Å². The number of halogens is 2. The highest BCUT2D eigenvalue weighted by Gasteiger charge is 2.25. The Morgan fingerprint density at radius 3 is 2.32 bits per heavy atom. The van der Waals surface area contributed by atoms with E-state index in [0.29, 0.717) is 16.1 Å². The molecular weight excluding hydrogens is 385 g/mol. The van der Waals surface area contributed by atoms with Gasteiger partial charge in [-0.3, -0.25) is 0 Å². The SMILES string of the molecule is CCCCCCC1CCC(C(C)c2ccc(-c3cnc(Cl)c(Cl)c3)cc2)CC1. The average molecular weight is 418 g/mol. The maximum atomic E-state index is 6.11. The molecule has 1 aromatic heterocycles. The summed E-state index contributed by atoms with van der Waals surface area (Å²) in [7, 11) is 0. The first-order valence-electron chi connectivity index (χ1n) is 11.0. The number of unbranched alkanes of at least 4 members (excludes halogenated alkanes) is 3. The number of rotatable bonds is 8. The lowest BCUT2D eigenvalue weighted by Gasteiger charge is -2.32. The van der Waals surface area contributed by atoms with Gasteiger partial charge in [-0.05, 0) is 47.8 Å². The van der Waals surface area contributed by atoms with Crippen molar-refractivity contribution in [3.63, 3.8) is 0 Å². The van der Waals surface area contributed by atoms with Crippen LogP contribution in [0.2, 0.25) is 10.2 Å². The van der Waals surface area contributed by atoms with E-state index in [1.54, 1.807) is 6.20 Å². The van der Waals surface area contributed by atoms with E-state index < -0.39 is 0 Å². The van der Waals surface area contributed by atoms with Gasteiger partial charge in [0.05, 0.1) is 5.02 Å². The zero-order chi connectivity index (χ0) is 19.9. The summed E-state index contributed by atoms with van der Waals surface area (Å²) in [5.74, 6) is 2.43. The van der Waals surface area contributed by atoms with Crippen LogP contribution in [0.1, 0.15) is 83.1 Å². The third-order valence-electron chi connectivity index (χ3n) is 6.63. The van der Waals surface area contributed by atoms with Gasteiger partial charge in [-0.2, -0.15) is 0 Å². The van der Waals surface area contributed by atoms with Gasteiger partial charge in [0, 0.05) is 11.8 Å². The van der Waals surface area contributed by atoms with Crippen LogP contribution in [0.4, 0.5) is 0 Å². The van der Waals surface area contributed by atoms with E-state index in [-0.39, 0.29) is 0 Å². The topological polar surface area (TPSA) is 12.9 Å². The van der Waals surface area contributed by atoms with E-state index >= 15 is 0 Å². The molecule has 3 heteroatoms. The fraction of sp³-hybridized carbons (Fsp3) is 0.560. The van der Waals surface area contributed by atoms with Gasteiger partial charge in [0.1, 0.15) is 5.15 Å². The largest absolute Gasteiger partial charge is 0.242 e. The summed E-state index contributed by atoms with van der Waals surface area (Å²) in [6.07, 6.45) is 14.5. The molecule has 1 nitrogen and oxygen atoms in total. The minimum absolute atomic E-state index is 0.358. The van der Waals surface area contributed by atoms with Gasteiger partial charge in [-0.1, -0.05) is 106 Å². The number of hydrogen-bond acceptors (Lipinski definition) is 1. The van der Waals surface area contributed by atoms with Crippen LogP contribution in [-0.4, -0.2) is 4.98 Å². The van der Waals surface area contributed by atoms with Gasteiger partial charge in [0.15, 0.2) is 0 Å². The van der Waals surface area contributed by atoms with Crippen LogP contribution in [0, 0.1) is 11.8 Å². The molecule has 1 aromatic carbocycles. The van der Waals surface area contributed by atoms with Gasteiger partial charge in [-0.25, -0.2) is 4.98 Å². The van der Waals surface area contributed by atoms with E-state index in [4.69, 9.17) is 23.2 Å². The van der Waals surface area contributed by atoms with Crippen molar-refractivity contribution in [1.82, 2.24) is 4.98 Å². The molecule has 152 valence electrons. The third kappa shape index (κ3) is 5.74. The first-order valence-corrected chi connectivity index (χ1v) is 11.8. The molecule has 1 aliphatic rings. The van der Waals surface area contributed by atoms with Gasteiger partial charge in [0.25, 0.3) is 0 Å². The number of benzene rings is 1. The molecule has 3 rings (SSSR count). The predicted octanol–water partition coefficient (Wildman–Crippen LogP) is 8.94. The van der Waals surface area contributed by atoms with Crippen LogP contribution in [0.25, 0.3) is 11.1 Å². The zero-order valence-electron chi connectivity index (χ0n) is 17.3. The van der Waals surface area contributed by atoms with Crippen molar-refractivity contribution in [3.8, 4) is 11.1 Å². The minimum Gasteiger partial charge on any atom is -0.242 e. The smallest absolute Gasteiger partial charge is 0.147 e. The standard InChI is InChI=1S/C25H33Cl2N/c1-3-4-5-6-7-19-8-10-20(11-9-19)18(2)21-12-14-22(15-13-21)23-16-24(26)25(27)28-17-23/h12-20H,3-11H2,1-2H3. The number of aromatic nitrogens is 1. The highest BCUT2D eigenvalue weighted by molar-refractivity contribution is 6.41. The van der Waals surface area contributed by atoms with Crippen molar-refractivity contribution in [2.24, 2.45) is 11.8 Å².